The van der Waals surface area contributed by atoms with Gasteiger partial charge < -0.3 is 14.2 Å². The first-order valence-corrected chi connectivity index (χ1v) is 12.7. The van der Waals surface area contributed by atoms with E-state index >= 15 is 0 Å². The van der Waals surface area contributed by atoms with Crippen molar-refractivity contribution in [2.24, 2.45) is 5.10 Å². The van der Waals surface area contributed by atoms with Crippen LogP contribution in [-0.2, 0) is 0 Å². The van der Waals surface area contributed by atoms with Crippen LogP contribution < -0.4 is 14.2 Å². The van der Waals surface area contributed by atoms with E-state index in [1.54, 1.807) is 31.4 Å². The topological polar surface area (TPSA) is 60.4 Å². The van der Waals surface area contributed by atoms with E-state index in [2.05, 4.69) is 22.0 Å². The number of rotatable bonds is 5. The van der Waals surface area contributed by atoms with Crippen LogP contribution in [0.15, 0.2) is 107 Å². The van der Waals surface area contributed by atoms with Crippen molar-refractivity contribution in [3.8, 4) is 17.2 Å². The van der Waals surface area contributed by atoms with E-state index in [0.29, 0.717) is 11.3 Å². The molecule has 2 heterocycles. The molecule has 184 valence electrons. The van der Waals surface area contributed by atoms with E-state index in [1.165, 1.54) is 0 Å². The summed E-state index contributed by atoms with van der Waals surface area (Å²) >= 11 is 3.38. The van der Waals surface area contributed by atoms with Gasteiger partial charge in [0.2, 0.25) is 6.23 Å². The van der Waals surface area contributed by atoms with Crippen LogP contribution in [0.2, 0.25) is 0 Å². The Bertz CT molecular complexity index is 1470. The second-order valence-corrected chi connectivity index (χ2v) is 9.76. The van der Waals surface area contributed by atoms with Gasteiger partial charge in [-0.1, -0.05) is 34.1 Å². The predicted molar refractivity (Wildman–Crippen MR) is 144 cm³/mol. The van der Waals surface area contributed by atoms with Crippen LogP contribution in [0.4, 0.5) is 0 Å². The number of carbonyl (C=O) groups is 1. The second kappa shape index (κ2) is 9.75. The maximum Gasteiger partial charge on any atom is 0.343 e. The molecule has 6 nitrogen and oxygen atoms in total. The standard InChI is InChI=1S/C30H23BrN2O4/c1-35-23-14-8-19(9-15-23)26-18-27-25-4-2-3-5-28(25)37-29(33(27)32-26)20-10-16-24(17-11-20)36-30(34)21-6-12-22(31)13-7-21/h2-17,27,29H,18H2,1H3/t27-,29-/m1/s1. The largest absolute Gasteiger partial charge is 0.497 e. The maximum absolute atomic E-state index is 12.5. The lowest BCUT2D eigenvalue weighted by Gasteiger charge is -2.38. The molecule has 6 rings (SSSR count). The number of nitrogens with zero attached hydrogens (tertiary/aromatic N) is 2. The normalized spacial score (nSPS) is 17.8. The minimum Gasteiger partial charge on any atom is -0.497 e. The summed E-state index contributed by atoms with van der Waals surface area (Å²) in [5.74, 6) is 1.72. The Kier molecular flexibility index (Phi) is 6.14. The lowest BCUT2D eigenvalue weighted by Crippen LogP contribution is -2.33. The summed E-state index contributed by atoms with van der Waals surface area (Å²) in [6.07, 6.45) is 0.360. The Morgan fingerprint density at radius 3 is 2.35 bits per heavy atom. The SMILES string of the molecule is COc1ccc(C2=NN3[C@H](C2)c2ccccc2O[C@@H]3c2ccc(OC(=O)c3ccc(Br)cc3)cc2)cc1. The summed E-state index contributed by atoms with van der Waals surface area (Å²) in [5, 5.41) is 7.04. The lowest BCUT2D eigenvalue weighted by atomic mass is 9.96. The molecular formula is C30H23BrN2O4. The van der Waals surface area contributed by atoms with Crippen LogP contribution in [-0.4, -0.2) is 23.8 Å². The third-order valence-corrected chi connectivity index (χ3v) is 7.11. The Hall–Kier alpha value is -4.10. The lowest BCUT2D eigenvalue weighted by molar-refractivity contribution is -0.0190. The molecule has 4 aromatic rings. The van der Waals surface area contributed by atoms with Gasteiger partial charge >= 0.3 is 5.97 Å². The summed E-state index contributed by atoms with van der Waals surface area (Å²) in [6, 6.07) is 30.6. The number of fused-ring (bicyclic) bond motifs is 3. The van der Waals surface area contributed by atoms with Crippen molar-refractivity contribution in [3.05, 3.63) is 124 Å². The van der Waals surface area contributed by atoms with Crippen LogP contribution in [0.3, 0.4) is 0 Å². The molecule has 2 aliphatic rings. The smallest absolute Gasteiger partial charge is 0.343 e. The molecule has 0 amide bonds. The third-order valence-electron chi connectivity index (χ3n) is 6.58. The minimum absolute atomic E-state index is 0.0574. The van der Waals surface area contributed by atoms with Gasteiger partial charge in [-0.05, 0) is 84.4 Å². The Balaban J connectivity index is 1.27. The summed E-state index contributed by atoms with van der Waals surface area (Å²) < 4.78 is 18.2. The molecule has 0 spiro atoms. The Morgan fingerprint density at radius 1 is 0.919 bits per heavy atom. The number of methoxy groups -OCH3 is 1. The summed E-state index contributed by atoms with van der Waals surface area (Å²) in [7, 11) is 1.66. The monoisotopic (exact) mass is 554 g/mol. The average Bonchev–Trinajstić information content (AvgIpc) is 3.39. The summed E-state index contributed by atoms with van der Waals surface area (Å²) in [5.41, 5.74) is 4.58. The van der Waals surface area contributed by atoms with Crippen LogP contribution >= 0.6 is 15.9 Å². The van der Waals surface area contributed by atoms with Gasteiger partial charge in [0, 0.05) is 22.0 Å². The highest BCUT2D eigenvalue weighted by molar-refractivity contribution is 9.10. The molecule has 2 aliphatic heterocycles. The quantitative estimate of drug-likeness (QED) is 0.198. The zero-order valence-electron chi connectivity index (χ0n) is 20.0. The number of benzene rings is 4. The van der Waals surface area contributed by atoms with E-state index < -0.39 is 12.2 Å². The number of para-hydroxylation sites is 1. The molecule has 4 aromatic carbocycles. The van der Waals surface area contributed by atoms with E-state index in [0.717, 1.165) is 44.8 Å². The molecule has 0 aliphatic carbocycles. The molecule has 2 atom stereocenters. The molecule has 0 N–H and O–H groups in total. The molecule has 0 saturated heterocycles. The van der Waals surface area contributed by atoms with Crippen molar-refractivity contribution in [1.82, 2.24) is 5.01 Å². The Morgan fingerprint density at radius 2 is 1.62 bits per heavy atom. The van der Waals surface area contributed by atoms with Gasteiger partial charge in [-0.25, -0.2) is 9.80 Å². The molecule has 0 bridgehead atoms. The van der Waals surface area contributed by atoms with E-state index in [4.69, 9.17) is 19.3 Å². The fourth-order valence-electron chi connectivity index (χ4n) is 4.66. The predicted octanol–water partition coefficient (Wildman–Crippen LogP) is 6.92. The Labute approximate surface area is 223 Å². The van der Waals surface area contributed by atoms with Gasteiger partial charge in [-0.15, -0.1) is 0 Å². The van der Waals surface area contributed by atoms with Crippen molar-refractivity contribution in [3.63, 3.8) is 0 Å². The van der Waals surface area contributed by atoms with Gasteiger partial charge in [0.05, 0.1) is 24.4 Å². The highest BCUT2D eigenvalue weighted by Crippen LogP contribution is 2.47. The number of esters is 1. The maximum atomic E-state index is 12.5. The molecule has 0 aromatic heterocycles. The zero-order valence-corrected chi connectivity index (χ0v) is 21.6. The number of halogens is 1. The minimum atomic E-state index is -0.410. The first kappa shape index (κ1) is 23.3. The zero-order chi connectivity index (χ0) is 25.4. The van der Waals surface area contributed by atoms with Crippen molar-refractivity contribution in [2.75, 3.05) is 7.11 Å². The molecule has 7 heteroatoms. The van der Waals surface area contributed by atoms with E-state index in [-0.39, 0.29) is 6.04 Å². The van der Waals surface area contributed by atoms with Crippen molar-refractivity contribution in [2.45, 2.75) is 18.7 Å². The molecule has 0 saturated carbocycles. The van der Waals surface area contributed by atoms with E-state index in [1.807, 2.05) is 71.7 Å². The number of carbonyl (C=O) groups excluding carboxylic acids is 1. The van der Waals surface area contributed by atoms with Gasteiger partial charge in [-0.2, -0.15) is 5.10 Å². The summed E-state index contributed by atoms with van der Waals surface area (Å²) in [6.45, 7) is 0. The van der Waals surface area contributed by atoms with Crippen LogP contribution in [0.1, 0.15) is 45.7 Å². The second-order valence-electron chi connectivity index (χ2n) is 8.85. The van der Waals surface area contributed by atoms with Crippen molar-refractivity contribution >= 4 is 27.6 Å². The third kappa shape index (κ3) is 4.58. The van der Waals surface area contributed by atoms with Crippen molar-refractivity contribution < 1.29 is 19.0 Å². The highest BCUT2D eigenvalue weighted by Gasteiger charge is 2.40. The number of hydrazone groups is 1. The molecular weight excluding hydrogens is 532 g/mol. The van der Waals surface area contributed by atoms with Gasteiger partial charge in [-0.3, -0.25) is 0 Å². The van der Waals surface area contributed by atoms with Gasteiger partial charge in [0.25, 0.3) is 0 Å². The first-order chi connectivity index (χ1) is 18.1. The fourth-order valence-corrected chi connectivity index (χ4v) is 4.93. The summed E-state index contributed by atoms with van der Waals surface area (Å²) in [4.78, 5) is 12.5. The molecule has 0 unspecified atom stereocenters. The van der Waals surface area contributed by atoms with Gasteiger partial charge in [0.15, 0.2) is 0 Å². The molecule has 37 heavy (non-hydrogen) atoms. The van der Waals surface area contributed by atoms with Crippen LogP contribution in [0.25, 0.3) is 0 Å². The van der Waals surface area contributed by atoms with Gasteiger partial charge in [0.1, 0.15) is 17.2 Å². The number of hydrogen-bond donors (Lipinski definition) is 0. The van der Waals surface area contributed by atoms with Crippen LogP contribution in [0.5, 0.6) is 17.2 Å². The molecule has 0 fully saturated rings. The average molecular weight is 555 g/mol. The fraction of sp³-hybridized carbons (Fsp3) is 0.133. The highest BCUT2D eigenvalue weighted by atomic mass is 79.9. The van der Waals surface area contributed by atoms with Crippen LogP contribution in [0, 0.1) is 0 Å². The molecule has 0 radical (unpaired) electrons. The van der Waals surface area contributed by atoms with Crippen molar-refractivity contribution in [1.29, 1.82) is 0 Å². The first-order valence-electron chi connectivity index (χ1n) is 11.9. The number of ether oxygens (including phenoxy) is 3. The number of hydrogen-bond acceptors (Lipinski definition) is 6. The van der Waals surface area contributed by atoms with E-state index in [9.17, 15) is 4.79 Å².